The molecule has 0 aliphatic heterocycles. The summed E-state index contributed by atoms with van der Waals surface area (Å²) in [6.07, 6.45) is 0.574. The highest BCUT2D eigenvalue weighted by molar-refractivity contribution is 8.00. The molecule has 1 heterocycles. The van der Waals surface area contributed by atoms with E-state index in [1.807, 2.05) is 6.92 Å². The van der Waals surface area contributed by atoms with Crippen molar-refractivity contribution in [3.8, 4) is 11.8 Å². The topological polar surface area (TPSA) is 81.5 Å². The maximum absolute atomic E-state index is 11.2. The van der Waals surface area contributed by atoms with E-state index in [-0.39, 0.29) is 5.16 Å². The van der Waals surface area contributed by atoms with Gasteiger partial charge in [0, 0.05) is 0 Å². The third kappa shape index (κ3) is 4.13. The van der Waals surface area contributed by atoms with Crippen LogP contribution in [0.1, 0.15) is 13.3 Å². The van der Waals surface area contributed by atoms with E-state index in [1.54, 1.807) is 0 Å². The standard InChI is InChI=1S/C12H16N2O4S/c1-5-7(2)10(11(15)16)19-12-13-8(17-3)6-9(14-12)18-4/h6,10H,2,5H2,1,3-4H3,(H,15,16). The maximum Gasteiger partial charge on any atom is 0.321 e. The molecule has 104 valence electrons. The molecular weight excluding hydrogens is 268 g/mol. The van der Waals surface area contributed by atoms with Crippen LogP contribution in [0.25, 0.3) is 0 Å². The summed E-state index contributed by atoms with van der Waals surface area (Å²) in [6, 6.07) is 1.52. The Kier molecular flexibility index (Phi) is 5.62. The van der Waals surface area contributed by atoms with Crippen molar-refractivity contribution in [1.82, 2.24) is 9.97 Å². The van der Waals surface area contributed by atoms with Crippen molar-refractivity contribution < 1.29 is 19.4 Å². The van der Waals surface area contributed by atoms with E-state index in [0.29, 0.717) is 23.8 Å². The first-order valence-corrected chi connectivity index (χ1v) is 6.44. The average molecular weight is 284 g/mol. The number of aliphatic carboxylic acids is 1. The van der Waals surface area contributed by atoms with Crippen LogP contribution in [0.15, 0.2) is 23.4 Å². The first-order valence-electron chi connectivity index (χ1n) is 5.56. The van der Waals surface area contributed by atoms with E-state index in [1.165, 1.54) is 20.3 Å². The Hall–Kier alpha value is -1.76. The SMILES string of the molecule is C=C(CC)C(Sc1nc(OC)cc(OC)n1)C(=O)O. The predicted molar refractivity (Wildman–Crippen MR) is 71.8 cm³/mol. The molecule has 0 radical (unpaired) electrons. The van der Waals surface area contributed by atoms with Gasteiger partial charge in [-0.3, -0.25) is 4.79 Å². The van der Waals surface area contributed by atoms with Gasteiger partial charge in [0.15, 0.2) is 5.16 Å². The van der Waals surface area contributed by atoms with Gasteiger partial charge in [0.2, 0.25) is 11.8 Å². The van der Waals surface area contributed by atoms with Crippen LogP contribution in [0.2, 0.25) is 0 Å². The van der Waals surface area contributed by atoms with Crippen molar-refractivity contribution in [3.05, 3.63) is 18.2 Å². The summed E-state index contributed by atoms with van der Waals surface area (Å²) in [4.78, 5) is 19.4. The zero-order valence-electron chi connectivity index (χ0n) is 11.0. The lowest BCUT2D eigenvalue weighted by molar-refractivity contribution is -0.135. The Morgan fingerprint density at radius 1 is 1.42 bits per heavy atom. The Bertz CT molecular complexity index is 457. The van der Waals surface area contributed by atoms with Gasteiger partial charge in [-0.05, 0) is 6.42 Å². The molecule has 0 spiro atoms. The van der Waals surface area contributed by atoms with Gasteiger partial charge in [-0.25, -0.2) is 0 Å². The van der Waals surface area contributed by atoms with Crippen LogP contribution < -0.4 is 9.47 Å². The highest BCUT2D eigenvalue weighted by Crippen LogP contribution is 2.29. The molecule has 1 aromatic heterocycles. The quantitative estimate of drug-likeness (QED) is 0.466. The average Bonchev–Trinajstić information content (AvgIpc) is 2.43. The van der Waals surface area contributed by atoms with Crippen molar-refractivity contribution in [2.75, 3.05) is 14.2 Å². The fraction of sp³-hybridized carbons (Fsp3) is 0.417. The Morgan fingerprint density at radius 3 is 2.32 bits per heavy atom. The van der Waals surface area contributed by atoms with E-state index >= 15 is 0 Å². The van der Waals surface area contributed by atoms with Crippen LogP contribution in [0.5, 0.6) is 11.8 Å². The first-order chi connectivity index (χ1) is 9.01. The number of hydrogen-bond acceptors (Lipinski definition) is 6. The molecule has 0 bridgehead atoms. The first kappa shape index (κ1) is 15.3. The number of carbonyl (C=O) groups is 1. The van der Waals surface area contributed by atoms with Crippen molar-refractivity contribution in [3.63, 3.8) is 0 Å². The van der Waals surface area contributed by atoms with E-state index < -0.39 is 11.2 Å². The second-order valence-electron chi connectivity index (χ2n) is 3.58. The number of hydrogen-bond donors (Lipinski definition) is 1. The molecule has 19 heavy (non-hydrogen) atoms. The van der Waals surface area contributed by atoms with Crippen LogP contribution in [0, 0.1) is 0 Å². The molecule has 1 rings (SSSR count). The van der Waals surface area contributed by atoms with Crippen LogP contribution in [0.4, 0.5) is 0 Å². The van der Waals surface area contributed by atoms with Gasteiger partial charge < -0.3 is 14.6 Å². The molecular formula is C12H16N2O4S. The zero-order chi connectivity index (χ0) is 14.4. The third-order valence-electron chi connectivity index (χ3n) is 2.35. The molecule has 0 aliphatic rings. The summed E-state index contributed by atoms with van der Waals surface area (Å²) >= 11 is 1.01. The minimum atomic E-state index is -0.970. The minimum absolute atomic E-state index is 0.276. The molecule has 0 saturated carbocycles. The number of carboxylic acids is 1. The smallest absolute Gasteiger partial charge is 0.321 e. The predicted octanol–water partition coefficient (Wildman–Crippen LogP) is 2.01. The highest BCUT2D eigenvalue weighted by atomic mass is 32.2. The number of rotatable bonds is 7. The largest absolute Gasteiger partial charge is 0.481 e. The number of thioether (sulfide) groups is 1. The molecule has 0 saturated heterocycles. The van der Waals surface area contributed by atoms with E-state index in [0.717, 1.165) is 11.8 Å². The summed E-state index contributed by atoms with van der Waals surface area (Å²) in [5.74, 6) is -0.330. The van der Waals surface area contributed by atoms with Crippen LogP contribution in [0.3, 0.4) is 0 Å². The third-order valence-corrected chi connectivity index (χ3v) is 3.51. The molecule has 1 atom stereocenters. The van der Waals surface area contributed by atoms with Crippen LogP contribution in [-0.2, 0) is 4.79 Å². The molecule has 1 aromatic rings. The van der Waals surface area contributed by atoms with Crippen molar-refractivity contribution in [1.29, 1.82) is 0 Å². The van der Waals surface area contributed by atoms with Gasteiger partial charge in [-0.1, -0.05) is 30.8 Å². The maximum atomic E-state index is 11.2. The molecule has 6 nitrogen and oxygen atoms in total. The Balaban J connectivity index is 3.01. The highest BCUT2D eigenvalue weighted by Gasteiger charge is 2.23. The number of nitrogens with zero attached hydrogens (tertiary/aromatic N) is 2. The van der Waals surface area contributed by atoms with Crippen LogP contribution >= 0.6 is 11.8 Å². The van der Waals surface area contributed by atoms with Crippen molar-refractivity contribution >= 4 is 17.7 Å². The summed E-state index contributed by atoms with van der Waals surface area (Å²) in [7, 11) is 2.94. The van der Waals surface area contributed by atoms with Gasteiger partial charge in [0.1, 0.15) is 5.25 Å². The zero-order valence-corrected chi connectivity index (χ0v) is 11.9. The Labute approximate surface area is 115 Å². The summed E-state index contributed by atoms with van der Waals surface area (Å²) in [5, 5.41) is 8.68. The summed E-state index contributed by atoms with van der Waals surface area (Å²) in [5.41, 5.74) is 0.600. The van der Waals surface area contributed by atoms with E-state index in [2.05, 4.69) is 16.5 Å². The minimum Gasteiger partial charge on any atom is -0.481 e. The lowest BCUT2D eigenvalue weighted by Gasteiger charge is -2.13. The molecule has 7 heteroatoms. The summed E-state index contributed by atoms with van der Waals surface area (Å²) in [6.45, 7) is 5.61. The van der Waals surface area contributed by atoms with E-state index in [4.69, 9.17) is 9.47 Å². The Morgan fingerprint density at radius 2 is 1.95 bits per heavy atom. The van der Waals surface area contributed by atoms with Crippen molar-refractivity contribution in [2.24, 2.45) is 0 Å². The number of ether oxygens (including phenoxy) is 2. The second-order valence-corrected chi connectivity index (χ2v) is 4.66. The normalized spacial score (nSPS) is 11.7. The molecule has 1 unspecified atom stereocenters. The lowest BCUT2D eigenvalue weighted by Crippen LogP contribution is -2.18. The van der Waals surface area contributed by atoms with Gasteiger partial charge in [0.25, 0.3) is 0 Å². The molecule has 0 aromatic carbocycles. The van der Waals surface area contributed by atoms with Crippen LogP contribution in [-0.4, -0.2) is 40.5 Å². The lowest BCUT2D eigenvalue weighted by atomic mass is 10.1. The van der Waals surface area contributed by atoms with E-state index in [9.17, 15) is 9.90 Å². The fourth-order valence-corrected chi connectivity index (χ4v) is 2.18. The van der Waals surface area contributed by atoms with Gasteiger partial charge in [-0.15, -0.1) is 0 Å². The second kappa shape index (κ2) is 6.98. The number of methoxy groups -OCH3 is 2. The number of carboxylic acid groups (broad SMARTS) is 1. The monoisotopic (exact) mass is 284 g/mol. The molecule has 0 amide bonds. The molecule has 0 aliphatic carbocycles. The fourth-order valence-electron chi connectivity index (χ4n) is 1.24. The molecule has 1 N–H and O–H groups in total. The van der Waals surface area contributed by atoms with Gasteiger partial charge in [0.05, 0.1) is 20.3 Å². The summed E-state index contributed by atoms with van der Waals surface area (Å²) < 4.78 is 10.0. The molecule has 0 fully saturated rings. The van der Waals surface area contributed by atoms with Gasteiger partial charge >= 0.3 is 5.97 Å². The number of aromatic nitrogens is 2. The van der Waals surface area contributed by atoms with Gasteiger partial charge in [-0.2, -0.15) is 9.97 Å². The van der Waals surface area contributed by atoms with Crippen molar-refractivity contribution in [2.45, 2.75) is 23.8 Å².